The van der Waals surface area contributed by atoms with E-state index in [1.54, 1.807) is 12.3 Å². The molecule has 2 aromatic heterocycles. The van der Waals surface area contributed by atoms with Gasteiger partial charge in [-0.1, -0.05) is 6.07 Å². The number of benzene rings is 1. The highest BCUT2D eigenvalue weighted by molar-refractivity contribution is 5.59. The third-order valence-electron chi connectivity index (χ3n) is 3.37. The summed E-state index contributed by atoms with van der Waals surface area (Å²) >= 11 is 0. The van der Waals surface area contributed by atoms with E-state index in [0.29, 0.717) is 13.2 Å². The van der Waals surface area contributed by atoms with Crippen LogP contribution < -0.4 is 10.3 Å². The Bertz CT molecular complexity index is 827. The van der Waals surface area contributed by atoms with Crippen molar-refractivity contribution in [3.8, 4) is 17.0 Å². The molecule has 0 atom stereocenters. The van der Waals surface area contributed by atoms with E-state index < -0.39 is 0 Å². The van der Waals surface area contributed by atoms with Crippen LogP contribution in [-0.4, -0.2) is 21.4 Å². The first kappa shape index (κ1) is 15.0. The molecule has 0 fully saturated rings. The molecule has 23 heavy (non-hydrogen) atoms. The number of hydrogen-bond acceptors (Lipinski definition) is 4. The van der Waals surface area contributed by atoms with Gasteiger partial charge in [-0.25, -0.2) is 4.68 Å². The van der Waals surface area contributed by atoms with Gasteiger partial charge in [0.25, 0.3) is 5.56 Å². The van der Waals surface area contributed by atoms with Crippen LogP contribution in [0.25, 0.3) is 11.3 Å². The van der Waals surface area contributed by atoms with Crippen molar-refractivity contribution in [1.29, 1.82) is 0 Å². The third-order valence-corrected chi connectivity index (χ3v) is 3.37. The zero-order valence-corrected chi connectivity index (χ0v) is 12.8. The van der Waals surface area contributed by atoms with Crippen LogP contribution in [0.15, 0.2) is 65.6 Å². The normalized spacial score (nSPS) is 10.5. The molecule has 0 aliphatic heterocycles. The Morgan fingerprint density at radius 2 is 1.87 bits per heavy atom. The molecular formula is C18H17N3O2. The Labute approximate surface area is 134 Å². The van der Waals surface area contributed by atoms with Crippen LogP contribution in [0.4, 0.5) is 0 Å². The molecule has 0 N–H and O–H groups in total. The largest absolute Gasteiger partial charge is 0.494 e. The van der Waals surface area contributed by atoms with Gasteiger partial charge >= 0.3 is 0 Å². The zero-order valence-electron chi connectivity index (χ0n) is 12.8. The van der Waals surface area contributed by atoms with Crippen molar-refractivity contribution in [2.45, 2.75) is 13.5 Å². The molecule has 0 spiro atoms. The Kier molecular flexibility index (Phi) is 4.47. The summed E-state index contributed by atoms with van der Waals surface area (Å²) in [6.45, 7) is 2.93. The molecule has 5 nitrogen and oxygen atoms in total. The second-order valence-corrected chi connectivity index (χ2v) is 4.99. The van der Waals surface area contributed by atoms with Crippen LogP contribution in [-0.2, 0) is 6.54 Å². The molecule has 0 saturated carbocycles. The standard InChI is InChI=1S/C18H17N3O2/c1-2-23-16-8-6-14(7-9-16)17-10-11-18(22)21(20-17)13-15-5-3-4-12-19-15/h3-12H,2,13H2,1H3. The highest BCUT2D eigenvalue weighted by Crippen LogP contribution is 2.19. The van der Waals surface area contributed by atoms with Gasteiger partial charge in [0, 0.05) is 17.8 Å². The number of nitrogens with zero attached hydrogens (tertiary/aromatic N) is 3. The minimum atomic E-state index is -0.148. The third kappa shape index (κ3) is 3.63. The summed E-state index contributed by atoms with van der Waals surface area (Å²) in [6, 6.07) is 16.5. The summed E-state index contributed by atoms with van der Waals surface area (Å²) in [5.74, 6) is 0.818. The smallest absolute Gasteiger partial charge is 0.267 e. The second-order valence-electron chi connectivity index (χ2n) is 4.99. The Hall–Kier alpha value is -2.95. The van der Waals surface area contributed by atoms with E-state index in [-0.39, 0.29) is 5.56 Å². The lowest BCUT2D eigenvalue weighted by molar-refractivity contribution is 0.340. The van der Waals surface area contributed by atoms with Gasteiger partial charge in [0.15, 0.2) is 0 Å². The molecule has 3 rings (SSSR count). The molecule has 3 aromatic rings. The average Bonchev–Trinajstić information content (AvgIpc) is 2.59. The minimum Gasteiger partial charge on any atom is -0.494 e. The fourth-order valence-corrected chi connectivity index (χ4v) is 2.25. The monoisotopic (exact) mass is 307 g/mol. The lowest BCUT2D eigenvalue weighted by atomic mass is 10.1. The first-order valence-electron chi connectivity index (χ1n) is 7.47. The van der Waals surface area contributed by atoms with E-state index in [4.69, 9.17) is 4.74 Å². The molecule has 1 aromatic carbocycles. The van der Waals surface area contributed by atoms with E-state index in [1.165, 1.54) is 10.7 Å². The fourth-order valence-electron chi connectivity index (χ4n) is 2.25. The van der Waals surface area contributed by atoms with Crippen molar-refractivity contribution in [2.24, 2.45) is 0 Å². The summed E-state index contributed by atoms with van der Waals surface area (Å²) in [5.41, 5.74) is 2.32. The summed E-state index contributed by atoms with van der Waals surface area (Å²) in [4.78, 5) is 16.2. The summed E-state index contributed by atoms with van der Waals surface area (Å²) < 4.78 is 6.86. The summed E-state index contributed by atoms with van der Waals surface area (Å²) in [7, 11) is 0. The van der Waals surface area contributed by atoms with Crippen molar-refractivity contribution in [2.75, 3.05) is 6.61 Å². The van der Waals surface area contributed by atoms with Crippen LogP contribution in [0.5, 0.6) is 5.75 Å². The molecule has 2 heterocycles. The molecule has 0 radical (unpaired) electrons. The van der Waals surface area contributed by atoms with Crippen molar-refractivity contribution < 1.29 is 4.74 Å². The number of aromatic nitrogens is 3. The first-order valence-corrected chi connectivity index (χ1v) is 7.47. The molecule has 0 aliphatic carbocycles. The van der Waals surface area contributed by atoms with E-state index in [0.717, 1.165) is 22.7 Å². The van der Waals surface area contributed by atoms with Crippen LogP contribution in [0, 0.1) is 0 Å². The van der Waals surface area contributed by atoms with E-state index in [2.05, 4.69) is 10.1 Å². The van der Waals surface area contributed by atoms with Gasteiger partial charge < -0.3 is 4.74 Å². The molecule has 5 heteroatoms. The van der Waals surface area contributed by atoms with Crippen molar-refractivity contribution in [1.82, 2.24) is 14.8 Å². The molecule has 0 amide bonds. The van der Waals surface area contributed by atoms with E-state index in [1.807, 2.05) is 49.4 Å². The van der Waals surface area contributed by atoms with Crippen LogP contribution in [0.1, 0.15) is 12.6 Å². The number of rotatable bonds is 5. The molecule has 0 unspecified atom stereocenters. The van der Waals surface area contributed by atoms with Gasteiger partial charge in [-0.05, 0) is 49.4 Å². The van der Waals surface area contributed by atoms with Crippen molar-refractivity contribution >= 4 is 0 Å². The SMILES string of the molecule is CCOc1ccc(-c2ccc(=O)n(Cc3ccccn3)n2)cc1. The van der Waals surface area contributed by atoms with Crippen LogP contribution in [0.2, 0.25) is 0 Å². The van der Waals surface area contributed by atoms with Gasteiger partial charge in [-0.15, -0.1) is 0 Å². The lowest BCUT2D eigenvalue weighted by Gasteiger charge is -2.08. The topological polar surface area (TPSA) is 57.0 Å². The van der Waals surface area contributed by atoms with Gasteiger partial charge in [0.2, 0.25) is 0 Å². The predicted octanol–water partition coefficient (Wildman–Crippen LogP) is 2.75. The zero-order chi connectivity index (χ0) is 16.1. The minimum absolute atomic E-state index is 0.148. The van der Waals surface area contributed by atoms with E-state index in [9.17, 15) is 4.79 Å². The highest BCUT2D eigenvalue weighted by atomic mass is 16.5. The summed E-state index contributed by atoms with van der Waals surface area (Å²) in [5, 5.41) is 4.44. The van der Waals surface area contributed by atoms with Gasteiger partial charge in [-0.2, -0.15) is 5.10 Å². The quantitative estimate of drug-likeness (QED) is 0.727. The lowest BCUT2D eigenvalue weighted by Crippen LogP contribution is -2.23. The maximum Gasteiger partial charge on any atom is 0.267 e. The van der Waals surface area contributed by atoms with Gasteiger partial charge in [-0.3, -0.25) is 9.78 Å². The molecule has 0 bridgehead atoms. The molecular weight excluding hydrogens is 290 g/mol. The molecule has 0 saturated heterocycles. The average molecular weight is 307 g/mol. The number of hydrogen-bond donors (Lipinski definition) is 0. The predicted molar refractivity (Wildman–Crippen MR) is 88.4 cm³/mol. The fraction of sp³-hybridized carbons (Fsp3) is 0.167. The highest BCUT2D eigenvalue weighted by Gasteiger charge is 2.05. The second kappa shape index (κ2) is 6.87. The van der Waals surface area contributed by atoms with Crippen molar-refractivity contribution in [3.63, 3.8) is 0 Å². The Morgan fingerprint density at radius 3 is 2.57 bits per heavy atom. The van der Waals surface area contributed by atoms with E-state index >= 15 is 0 Å². The Balaban J connectivity index is 1.89. The van der Waals surface area contributed by atoms with Gasteiger partial charge in [0.1, 0.15) is 5.75 Å². The molecule has 116 valence electrons. The van der Waals surface area contributed by atoms with Crippen LogP contribution >= 0.6 is 0 Å². The van der Waals surface area contributed by atoms with Crippen LogP contribution in [0.3, 0.4) is 0 Å². The van der Waals surface area contributed by atoms with Gasteiger partial charge in [0.05, 0.1) is 24.5 Å². The number of ether oxygens (including phenoxy) is 1. The maximum absolute atomic E-state index is 12.0. The van der Waals surface area contributed by atoms with Crippen molar-refractivity contribution in [3.05, 3.63) is 76.8 Å². The molecule has 0 aliphatic rings. The maximum atomic E-state index is 12.0. The number of pyridine rings is 1. The Morgan fingerprint density at radius 1 is 1.04 bits per heavy atom. The first-order chi connectivity index (χ1) is 11.3. The summed E-state index contributed by atoms with van der Waals surface area (Å²) in [6.07, 6.45) is 1.71.